The molecule has 0 heterocycles. The minimum atomic E-state index is -1.02. The standard InChI is InChI=1S/C15H11N3O3/c16-9-10-1-5-12(6-2-10)17-15(21)18-13-7-3-11(4-8-13)14(19)20/h1-8H,(H,19,20)(H2,17,18,21). The number of carboxylic acids is 1. The summed E-state index contributed by atoms with van der Waals surface area (Å²) in [4.78, 5) is 22.5. The summed E-state index contributed by atoms with van der Waals surface area (Å²) in [6.45, 7) is 0. The molecular formula is C15H11N3O3. The lowest BCUT2D eigenvalue weighted by atomic mass is 10.2. The molecule has 6 heteroatoms. The first-order chi connectivity index (χ1) is 10.1. The Morgan fingerprint density at radius 2 is 1.38 bits per heavy atom. The predicted molar refractivity (Wildman–Crippen MR) is 77.2 cm³/mol. The molecule has 6 nitrogen and oxygen atoms in total. The van der Waals surface area contributed by atoms with Crippen LogP contribution in [0.2, 0.25) is 0 Å². The maximum Gasteiger partial charge on any atom is 0.335 e. The van der Waals surface area contributed by atoms with E-state index in [-0.39, 0.29) is 5.56 Å². The highest BCUT2D eigenvalue weighted by Crippen LogP contribution is 2.12. The lowest BCUT2D eigenvalue weighted by Crippen LogP contribution is -2.19. The van der Waals surface area contributed by atoms with Crippen molar-refractivity contribution >= 4 is 23.4 Å². The van der Waals surface area contributed by atoms with E-state index in [0.717, 1.165) is 0 Å². The van der Waals surface area contributed by atoms with Crippen LogP contribution in [0, 0.1) is 11.3 Å². The van der Waals surface area contributed by atoms with E-state index in [1.54, 1.807) is 24.3 Å². The molecule has 2 amide bonds. The van der Waals surface area contributed by atoms with Crippen molar-refractivity contribution in [3.05, 3.63) is 59.7 Å². The molecule has 0 fully saturated rings. The molecule has 0 spiro atoms. The zero-order valence-electron chi connectivity index (χ0n) is 10.8. The number of nitrogens with one attached hydrogen (secondary N) is 2. The van der Waals surface area contributed by atoms with E-state index in [0.29, 0.717) is 16.9 Å². The van der Waals surface area contributed by atoms with Crippen molar-refractivity contribution in [3.8, 4) is 6.07 Å². The number of anilines is 2. The molecule has 0 aliphatic carbocycles. The molecule has 0 saturated carbocycles. The highest BCUT2D eigenvalue weighted by Gasteiger charge is 2.05. The summed E-state index contributed by atoms with van der Waals surface area (Å²) in [6.07, 6.45) is 0. The third-order valence-electron chi connectivity index (χ3n) is 2.66. The summed E-state index contributed by atoms with van der Waals surface area (Å²) in [6, 6.07) is 13.8. The monoisotopic (exact) mass is 281 g/mol. The largest absolute Gasteiger partial charge is 0.478 e. The fraction of sp³-hybridized carbons (Fsp3) is 0. The molecule has 0 aliphatic rings. The van der Waals surface area contributed by atoms with Crippen LogP contribution in [0.15, 0.2) is 48.5 Å². The molecule has 2 aromatic rings. The maximum absolute atomic E-state index is 11.8. The van der Waals surface area contributed by atoms with E-state index in [1.165, 1.54) is 24.3 Å². The number of nitrogens with zero attached hydrogens (tertiary/aromatic N) is 1. The zero-order valence-corrected chi connectivity index (χ0v) is 10.8. The number of amides is 2. The molecule has 0 aliphatic heterocycles. The minimum Gasteiger partial charge on any atom is -0.478 e. The highest BCUT2D eigenvalue weighted by molar-refractivity contribution is 6.00. The SMILES string of the molecule is N#Cc1ccc(NC(=O)Nc2ccc(C(=O)O)cc2)cc1. The van der Waals surface area contributed by atoms with Crippen molar-refractivity contribution in [2.24, 2.45) is 0 Å². The van der Waals surface area contributed by atoms with Gasteiger partial charge in [0.1, 0.15) is 0 Å². The van der Waals surface area contributed by atoms with Gasteiger partial charge in [-0.1, -0.05) is 0 Å². The average Bonchev–Trinajstić information content (AvgIpc) is 2.48. The molecule has 0 unspecified atom stereocenters. The van der Waals surface area contributed by atoms with Crippen LogP contribution in [-0.2, 0) is 0 Å². The van der Waals surface area contributed by atoms with Gasteiger partial charge in [-0.15, -0.1) is 0 Å². The van der Waals surface area contributed by atoms with Gasteiger partial charge >= 0.3 is 12.0 Å². The van der Waals surface area contributed by atoms with Gasteiger partial charge in [0.25, 0.3) is 0 Å². The number of urea groups is 1. The number of carbonyl (C=O) groups excluding carboxylic acids is 1. The van der Waals surface area contributed by atoms with Crippen LogP contribution in [0.1, 0.15) is 15.9 Å². The second-order valence-corrected chi connectivity index (χ2v) is 4.15. The van der Waals surface area contributed by atoms with E-state index >= 15 is 0 Å². The molecule has 0 bridgehead atoms. The van der Waals surface area contributed by atoms with E-state index < -0.39 is 12.0 Å². The Bertz CT molecular complexity index is 700. The van der Waals surface area contributed by atoms with E-state index in [4.69, 9.17) is 10.4 Å². The number of hydrogen-bond donors (Lipinski definition) is 3. The average molecular weight is 281 g/mol. The third kappa shape index (κ3) is 3.81. The first kappa shape index (κ1) is 14.1. The molecule has 3 N–H and O–H groups in total. The molecule has 0 radical (unpaired) electrons. The Hall–Kier alpha value is -3.33. The van der Waals surface area contributed by atoms with E-state index in [2.05, 4.69) is 10.6 Å². The van der Waals surface area contributed by atoms with Gasteiger partial charge in [0.2, 0.25) is 0 Å². The van der Waals surface area contributed by atoms with Gasteiger partial charge in [-0.25, -0.2) is 9.59 Å². The Kier molecular flexibility index (Phi) is 4.17. The molecule has 0 atom stereocenters. The number of rotatable bonds is 3. The fourth-order valence-electron chi connectivity index (χ4n) is 1.62. The maximum atomic E-state index is 11.8. The Morgan fingerprint density at radius 1 is 0.905 bits per heavy atom. The van der Waals surface area contributed by atoms with Gasteiger partial charge in [-0.2, -0.15) is 5.26 Å². The van der Waals surface area contributed by atoms with Gasteiger partial charge in [-0.3, -0.25) is 0 Å². The smallest absolute Gasteiger partial charge is 0.335 e. The van der Waals surface area contributed by atoms with Crippen LogP contribution in [0.4, 0.5) is 16.2 Å². The van der Waals surface area contributed by atoms with Crippen molar-refractivity contribution in [2.45, 2.75) is 0 Å². The minimum absolute atomic E-state index is 0.146. The first-order valence-corrected chi connectivity index (χ1v) is 6.00. The number of benzene rings is 2. The van der Waals surface area contributed by atoms with Crippen LogP contribution >= 0.6 is 0 Å². The van der Waals surface area contributed by atoms with Crippen molar-refractivity contribution in [2.75, 3.05) is 10.6 Å². The van der Waals surface area contributed by atoms with Gasteiger partial charge < -0.3 is 15.7 Å². The second kappa shape index (κ2) is 6.21. The van der Waals surface area contributed by atoms with Gasteiger partial charge in [0.05, 0.1) is 17.2 Å². The lowest BCUT2D eigenvalue weighted by Gasteiger charge is -2.07. The fourth-order valence-corrected chi connectivity index (χ4v) is 1.62. The van der Waals surface area contributed by atoms with Crippen LogP contribution in [0.3, 0.4) is 0 Å². The number of carboxylic acid groups (broad SMARTS) is 1. The number of nitriles is 1. The quantitative estimate of drug-likeness (QED) is 0.804. The van der Waals surface area contributed by atoms with Crippen molar-refractivity contribution in [1.29, 1.82) is 5.26 Å². The Morgan fingerprint density at radius 3 is 1.81 bits per heavy atom. The molecule has 0 aromatic heterocycles. The first-order valence-electron chi connectivity index (χ1n) is 6.00. The summed E-state index contributed by atoms with van der Waals surface area (Å²) >= 11 is 0. The van der Waals surface area contributed by atoms with Gasteiger partial charge in [0.15, 0.2) is 0 Å². The molecule has 2 aromatic carbocycles. The number of hydrogen-bond acceptors (Lipinski definition) is 3. The van der Waals surface area contributed by atoms with Crippen molar-refractivity contribution in [3.63, 3.8) is 0 Å². The normalized spacial score (nSPS) is 9.48. The van der Waals surface area contributed by atoms with Crippen molar-refractivity contribution in [1.82, 2.24) is 0 Å². The molecule has 21 heavy (non-hydrogen) atoms. The highest BCUT2D eigenvalue weighted by atomic mass is 16.4. The van der Waals surface area contributed by atoms with Crippen LogP contribution in [0.25, 0.3) is 0 Å². The summed E-state index contributed by atoms with van der Waals surface area (Å²) in [5.41, 5.74) is 1.68. The van der Waals surface area contributed by atoms with Gasteiger partial charge in [-0.05, 0) is 48.5 Å². The van der Waals surface area contributed by atoms with Crippen LogP contribution in [-0.4, -0.2) is 17.1 Å². The topological polar surface area (TPSA) is 102 Å². The number of carbonyl (C=O) groups is 2. The summed E-state index contributed by atoms with van der Waals surface area (Å²) in [5.74, 6) is -1.02. The third-order valence-corrected chi connectivity index (χ3v) is 2.66. The molecule has 2 rings (SSSR count). The second-order valence-electron chi connectivity index (χ2n) is 4.15. The van der Waals surface area contributed by atoms with Gasteiger partial charge in [0, 0.05) is 11.4 Å². The van der Waals surface area contributed by atoms with Crippen LogP contribution in [0.5, 0.6) is 0 Å². The number of aromatic carboxylic acids is 1. The van der Waals surface area contributed by atoms with E-state index in [9.17, 15) is 9.59 Å². The van der Waals surface area contributed by atoms with E-state index in [1.807, 2.05) is 6.07 Å². The predicted octanol–water partition coefficient (Wildman–Crippen LogP) is 2.90. The summed E-state index contributed by atoms with van der Waals surface area (Å²) < 4.78 is 0. The summed E-state index contributed by atoms with van der Waals surface area (Å²) in [7, 11) is 0. The zero-order chi connectivity index (χ0) is 15.2. The molecular weight excluding hydrogens is 270 g/mol. The molecule has 104 valence electrons. The Labute approximate surface area is 120 Å². The van der Waals surface area contributed by atoms with Crippen LogP contribution < -0.4 is 10.6 Å². The summed E-state index contributed by atoms with van der Waals surface area (Å²) in [5, 5.41) is 22.6. The Balaban J connectivity index is 1.97. The molecule has 0 saturated heterocycles. The lowest BCUT2D eigenvalue weighted by molar-refractivity contribution is 0.0697. The van der Waals surface area contributed by atoms with Crippen molar-refractivity contribution < 1.29 is 14.7 Å².